The summed E-state index contributed by atoms with van der Waals surface area (Å²) >= 11 is 1.55. The highest BCUT2D eigenvalue weighted by atomic mass is 32.1. The summed E-state index contributed by atoms with van der Waals surface area (Å²) in [5, 5.41) is 7.51. The SMILES string of the molecule is CN(C)CCNC(=O)c1sc2ccccc2c1[C@@H]1CNCCO1. The minimum Gasteiger partial charge on any atom is -0.371 e. The Kier molecular flexibility index (Phi) is 5.27. The maximum Gasteiger partial charge on any atom is 0.261 e. The number of likely N-dealkylation sites (N-methyl/N-ethyl adjacent to an activating group) is 1. The summed E-state index contributed by atoms with van der Waals surface area (Å²) < 4.78 is 7.05. The van der Waals surface area contributed by atoms with E-state index >= 15 is 0 Å². The molecule has 1 amide bonds. The Labute approximate surface area is 140 Å². The van der Waals surface area contributed by atoms with E-state index in [1.807, 2.05) is 26.2 Å². The molecule has 1 aromatic carbocycles. The number of benzene rings is 1. The summed E-state index contributed by atoms with van der Waals surface area (Å²) in [4.78, 5) is 15.5. The van der Waals surface area contributed by atoms with Gasteiger partial charge in [-0.2, -0.15) is 0 Å². The maximum absolute atomic E-state index is 12.7. The molecule has 2 N–H and O–H groups in total. The van der Waals surface area contributed by atoms with Crippen LogP contribution in [0.1, 0.15) is 21.3 Å². The smallest absolute Gasteiger partial charge is 0.261 e. The Morgan fingerprint density at radius 3 is 3.00 bits per heavy atom. The second-order valence-corrected chi connectivity index (χ2v) is 7.02. The Hall–Kier alpha value is -1.47. The molecule has 1 aliphatic heterocycles. The van der Waals surface area contributed by atoms with Gasteiger partial charge >= 0.3 is 0 Å². The van der Waals surface area contributed by atoms with Crippen LogP contribution in [0.3, 0.4) is 0 Å². The molecule has 1 aromatic heterocycles. The van der Waals surface area contributed by atoms with Crippen molar-refractivity contribution in [2.24, 2.45) is 0 Å². The van der Waals surface area contributed by atoms with Crippen LogP contribution in [-0.2, 0) is 4.74 Å². The van der Waals surface area contributed by atoms with E-state index in [-0.39, 0.29) is 12.0 Å². The number of carbonyl (C=O) groups excluding carboxylic acids is 1. The van der Waals surface area contributed by atoms with Gasteiger partial charge in [-0.05, 0) is 25.5 Å². The molecule has 2 aromatic rings. The molecule has 1 atom stereocenters. The predicted octanol–water partition coefficient (Wildman–Crippen LogP) is 1.85. The summed E-state index contributed by atoms with van der Waals surface area (Å²) in [6, 6.07) is 8.17. The molecule has 1 fully saturated rings. The first-order valence-electron chi connectivity index (χ1n) is 7.93. The monoisotopic (exact) mass is 333 g/mol. The van der Waals surface area contributed by atoms with Crippen LogP contribution in [0.25, 0.3) is 10.1 Å². The van der Waals surface area contributed by atoms with E-state index in [0.717, 1.165) is 40.2 Å². The minimum absolute atomic E-state index is 0.00257. The first-order valence-corrected chi connectivity index (χ1v) is 8.75. The highest BCUT2D eigenvalue weighted by Gasteiger charge is 2.26. The van der Waals surface area contributed by atoms with Gasteiger partial charge in [0.05, 0.1) is 17.6 Å². The lowest BCUT2D eigenvalue weighted by atomic mass is 10.0. The number of nitrogens with zero attached hydrogens (tertiary/aromatic N) is 1. The Balaban J connectivity index is 1.90. The van der Waals surface area contributed by atoms with Crippen molar-refractivity contribution in [3.05, 3.63) is 34.7 Å². The number of ether oxygens (including phenoxy) is 1. The minimum atomic E-state index is -0.0606. The molecule has 0 saturated carbocycles. The first kappa shape index (κ1) is 16.4. The molecule has 23 heavy (non-hydrogen) atoms. The predicted molar refractivity (Wildman–Crippen MR) is 94.3 cm³/mol. The zero-order valence-electron chi connectivity index (χ0n) is 13.6. The number of rotatable bonds is 5. The third-order valence-corrected chi connectivity index (χ3v) is 5.12. The van der Waals surface area contributed by atoms with E-state index in [0.29, 0.717) is 13.2 Å². The zero-order valence-corrected chi connectivity index (χ0v) is 14.4. The van der Waals surface area contributed by atoms with Gasteiger partial charge in [0, 0.05) is 36.4 Å². The van der Waals surface area contributed by atoms with Gasteiger partial charge in [-0.1, -0.05) is 18.2 Å². The summed E-state index contributed by atoms with van der Waals surface area (Å²) in [5.41, 5.74) is 1.03. The number of hydrogen-bond acceptors (Lipinski definition) is 5. The van der Waals surface area contributed by atoms with Gasteiger partial charge in [-0.15, -0.1) is 11.3 Å². The van der Waals surface area contributed by atoms with Crippen LogP contribution in [0.15, 0.2) is 24.3 Å². The number of hydrogen-bond donors (Lipinski definition) is 2. The van der Waals surface area contributed by atoms with Gasteiger partial charge < -0.3 is 20.3 Å². The standard InChI is InChI=1S/C17H23N3O2S/c1-20(2)9-7-19-17(21)16-15(13-11-18-8-10-22-13)12-5-3-4-6-14(12)23-16/h3-6,13,18H,7-11H2,1-2H3,(H,19,21)/t13-/m0/s1. The van der Waals surface area contributed by atoms with Crippen molar-refractivity contribution in [2.45, 2.75) is 6.10 Å². The van der Waals surface area contributed by atoms with Crippen molar-refractivity contribution in [2.75, 3.05) is 46.9 Å². The van der Waals surface area contributed by atoms with Crippen molar-refractivity contribution in [3.8, 4) is 0 Å². The van der Waals surface area contributed by atoms with Crippen LogP contribution in [-0.4, -0.2) is 57.7 Å². The van der Waals surface area contributed by atoms with Gasteiger partial charge in [0.1, 0.15) is 0 Å². The number of morpholine rings is 1. The van der Waals surface area contributed by atoms with E-state index < -0.39 is 0 Å². The molecular formula is C17H23N3O2S. The fraction of sp³-hybridized carbons (Fsp3) is 0.471. The van der Waals surface area contributed by atoms with Crippen LogP contribution in [0.2, 0.25) is 0 Å². The molecule has 0 aliphatic carbocycles. The summed E-state index contributed by atoms with van der Waals surface area (Å²) in [5.74, 6) is -0.00257. The van der Waals surface area contributed by atoms with Crippen molar-refractivity contribution in [3.63, 3.8) is 0 Å². The number of thiophene rings is 1. The Morgan fingerprint density at radius 2 is 2.26 bits per heavy atom. The molecule has 1 aliphatic rings. The highest BCUT2D eigenvalue weighted by Crippen LogP contribution is 2.37. The molecular weight excluding hydrogens is 310 g/mol. The van der Waals surface area contributed by atoms with Crippen molar-refractivity contribution >= 4 is 27.3 Å². The normalized spacial score (nSPS) is 18.5. The van der Waals surface area contributed by atoms with Gasteiger partial charge in [-0.25, -0.2) is 0 Å². The van der Waals surface area contributed by atoms with Crippen LogP contribution in [0.4, 0.5) is 0 Å². The third-order valence-electron chi connectivity index (χ3n) is 3.93. The number of carbonyl (C=O) groups is 1. The average Bonchev–Trinajstić information content (AvgIpc) is 2.95. The fourth-order valence-corrected chi connectivity index (χ4v) is 3.95. The van der Waals surface area contributed by atoms with Crippen molar-refractivity contribution in [1.82, 2.24) is 15.5 Å². The molecule has 1 saturated heterocycles. The lowest BCUT2D eigenvalue weighted by Gasteiger charge is -2.24. The highest BCUT2D eigenvalue weighted by molar-refractivity contribution is 7.21. The van der Waals surface area contributed by atoms with Crippen LogP contribution < -0.4 is 10.6 Å². The lowest BCUT2D eigenvalue weighted by Crippen LogP contribution is -2.35. The topological polar surface area (TPSA) is 53.6 Å². The van der Waals surface area contributed by atoms with E-state index in [2.05, 4.69) is 27.7 Å². The number of nitrogens with one attached hydrogen (secondary N) is 2. The molecule has 5 nitrogen and oxygen atoms in total. The molecule has 124 valence electrons. The average molecular weight is 333 g/mol. The van der Waals surface area contributed by atoms with Crippen LogP contribution in [0, 0.1) is 0 Å². The number of amides is 1. The lowest BCUT2D eigenvalue weighted by molar-refractivity contribution is 0.0282. The molecule has 3 rings (SSSR count). The first-order chi connectivity index (χ1) is 11.2. The fourth-order valence-electron chi connectivity index (χ4n) is 2.78. The molecule has 2 heterocycles. The third kappa shape index (κ3) is 3.72. The van der Waals surface area contributed by atoms with Crippen molar-refractivity contribution in [1.29, 1.82) is 0 Å². The van der Waals surface area contributed by atoms with Gasteiger partial charge in [0.2, 0.25) is 0 Å². The molecule has 0 radical (unpaired) electrons. The second-order valence-electron chi connectivity index (χ2n) is 5.96. The van der Waals surface area contributed by atoms with Gasteiger partial charge in [-0.3, -0.25) is 4.79 Å². The molecule has 6 heteroatoms. The van der Waals surface area contributed by atoms with Crippen molar-refractivity contribution < 1.29 is 9.53 Å². The molecule has 0 unspecified atom stereocenters. The molecule has 0 spiro atoms. The summed E-state index contributed by atoms with van der Waals surface area (Å²) in [6.45, 7) is 3.76. The van der Waals surface area contributed by atoms with Crippen LogP contribution in [0.5, 0.6) is 0 Å². The quantitative estimate of drug-likeness (QED) is 0.877. The Morgan fingerprint density at radius 1 is 1.43 bits per heavy atom. The maximum atomic E-state index is 12.7. The largest absolute Gasteiger partial charge is 0.371 e. The van der Waals surface area contributed by atoms with E-state index in [1.54, 1.807) is 11.3 Å². The van der Waals surface area contributed by atoms with E-state index in [1.165, 1.54) is 0 Å². The summed E-state index contributed by atoms with van der Waals surface area (Å²) in [7, 11) is 4.00. The second kappa shape index (κ2) is 7.40. The van der Waals surface area contributed by atoms with E-state index in [9.17, 15) is 4.79 Å². The Bertz CT molecular complexity index is 678. The van der Waals surface area contributed by atoms with Crippen LogP contribution >= 0.6 is 11.3 Å². The summed E-state index contributed by atoms with van der Waals surface area (Å²) in [6.07, 6.45) is -0.0606. The number of fused-ring (bicyclic) bond motifs is 1. The van der Waals surface area contributed by atoms with Gasteiger partial charge in [0.15, 0.2) is 0 Å². The molecule has 0 bridgehead atoms. The zero-order chi connectivity index (χ0) is 16.2. The van der Waals surface area contributed by atoms with Gasteiger partial charge in [0.25, 0.3) is 5.91 Å². The van der Waals surface area contributed by atoms with E-state index in [4.69, 9.17) is 4.74 Å².